The number of carbonyl (C=O) groups is 4. The molecule has 2 bridgehead atoms. The van der Waals surface area contributed by atoms with Crippen LogP contribution in [-0.2, 0) is 24.5 Å². The van der Waals surface area contributed by atoms with Gasteiger partial charge in [0.25, 0.3) is 0 Å². The van der Waals surface area contributed by atoms with E-state index in [1.165, 1.54) is 20.1 Å². The van der Waals surface area contributed by atoms with Crippen molar-refractivity contribution in [3.8, 4) is 0 Å². The van der Waals surface area contributed by atoms with Gasteiger partial charge in [-0.05, 0) is 47.4 Å². The van der Waals surface area contributed by atoms with E-state index in [0.717, 1.165) is 27.2 Å². The van der Waals surface area contributed by atoms with Gasteiger partial charge in [0, 0.05) is 5.92 Å². The van der Waals surface area contributed by atoms with Gasteiger partial charge in [-0.15, -0.1) is 0 Å². The number of Topliss-reactive ketones (excluding diaryl/α,β-unsaturated/α-hetero) is 1. The number of rotatable bonds is 3. The Morgan fingerprint density at radius 1 is 0.853 bits per heavy atom. The first kappa shape index (κ1) is 20.5. The number of imide groups is 1. The second-order valence-electron chi connectivity index (χ2n) is 9.07. The summed E-state index contributed by atoms with van der Waals surface area (Å²) in [7, 11) is 1.28. The average Bonchev–Trinajstić information content (AvgIpc) is 3.14. The van der Waals surface area contributed by atoms with Crippen LogP contribution in [0.15, 0.2) is 72.8 Å². The van der Waals surface area contributed by atoms with Crippen molar-refractivity contribution in [2.75, 3.05) is 12.0 Å². The predicted molar refractivity (Wildman–Crippen MR) is 123 cm³/mol. The lowest BCUT2D eigenvalue weighted by Crippen LogP contribution is -2.57. The Morgan fingerprint density at radius 2 is 1.47 bits per heavy atom. The number of hydrogen-bond acceptors (Lipinski definition) is 5. The molecule has 3 aliphatic carbocycles. The Balaban J connectivity index is 1.61. The summed E-state index contributed by atoms with van der Waals surface area (Å²) in [6.45, 7) is 1.51. The normalized spacial score (nSPS) is 26.1. The lowest BCUT2D eigenvalue weighted by atomic mass is 9.46. The Kier molecular flexibility index (Phi) is 4.21. The lowest BCUT2D eigenvalue weighted by Gasteiger charge is -2.52. The first-order chi connectivity index (χ1) is 16.4. The molecule has 0 aromatic heterocycles. The molecule has 0 unspecified atom stereocenters. The zero-order valence-corrected chi connectivity index (χ0v) is 18.6. The summed E-state index contributed by atoms with van der Waals surface area (Å²) >= 11 is 0. The van der Waals surface area contributed by atoms with Gasteiger partial charge in [0.15, 0.2) is 0 Å². The smallest absolute Gasteiger partial charge is 0.337 e. The third kappa shape index (κ3) is 2.30. The number of hydrogen-bond donors (Lipinski definition) is 0. The van der Waals surface area contributed by atoms with E-state index in [9.17, 15) is 19.2 Å². The number of carbonyl (C=O) groups excluding carboxylic acids is 4. The molecule has 1 aliphatic heterocycles. The summed E-state index contributed by atoms with van der Waals surface area (Å²) in [5, 5.41) is 0. The fourth-order valence-corrected chi connectivity index (χ4v) is 6.51. The quantitative estimate of drug-likeness (QED) is 0.449. The molecule has 6 heteroatoms. The molecule has 168 valence electrons. The van der Waals surface area contributed by atoms with Crippen molar-refractivity contribution in [3.05, 3.63) is 101 Å². The average molecular weight is 451 g/mol. The summed E-state index contributed by atoms with van der Waals surface area (Å²) in [5.74, 6) is -3.37. The fraction of sp³-hybridized carbons (Fsp3) is 0.214. The first-order valence-corrected chi connectivity index (χ1v) is 11.2. The highest BCUT2D eigenvalue weighted by Crippen LogP contribution is 2.64. The van der Waals surface area contributed by atoms with Gasteiger partial charge in [0.05, 0.1) is 35.6 Å². The number of nitrogens with zero attached hydrogens (tertiary/aromatic N) is 1. The fourth-order valence-electron chi connectivity index (χ4n) is 6.51. The monoisotopic (exact) mass is 451 g/mol. The Bertz CT molecular complexity index is 1380. The van der Waals surface area contributed by atoms with Crippen LogP contribution in [0.1, 0.15) is 45.5 Å². The Morgan fingerprint density at radius 3 is 2.06 bits per heavy atom. The van der Waals surface area contributed by atoms with Gasteiger partial charge >= 0.3 is 5.97 Å². The summed E-state index contributed by atoms with van der Waals surface area (Å²) in [6, 6.07) is 21.6. The molecule has 2 amide bonds. The molecule has 4 aliphatic rings. The van der Waals surface area contributed by atoms with Crippen LogP contribution in [0.5, 0.6) is 0 Å². The molecule has 0 spiro atoms. The van der Waals surface area contributed by atoms with Gasteiger partial charge in [-0.2, -0.15) is 0 Å². The highest BCUT2D eigenvalue weighted by Gasteiger charge is 2.70. The van der Waals surface area contributed by atoms with E-state index in [4.69, 9.17) is 4.74 Å². The van der Waals surface area contributed by atoms with E-state index in [1.54, 1.807) is 18.2 Å². The van der Waals surface area contributed by atoms with Crippen LogP contribution in [0.3, 0.4) is 0 Å². The zero-order chi connectivity index (χ0) is 23.8. The van der Waals surface area contributed by atoms with Gasteiger partial charge in [-0.1, -0.05) is 54.6 Å². The third-order valence-corrected chi connectivity index (χ3v) is 7.70. The molecule has 0 radical (unpaired) electrons. The number of esters is 1. The number of anilines is 1. The van der Waals surface area contributed by atoms with Gasteiger partial charge < -0.3 is 4.74 Å². The number of amides is 2. The van der Waals surface area contributed by atoms with Crippen LogP contribution < -0.4 is 4.90 Å². The van der Waals surface area contributed by atoms with Crippen LogP contribution in [0.25, 0.3) is 0 Å². The summed E-state index contributed by atoms with van der Waals surface area (Å²) < 4.78 is 4.81. The van der Waals surface area contributed by atoms with E-state index in [0.29, 0.717) is 5.69 Å². The molecule has 3 aromatic rings. The molecule has 0 N–H and O–H groups in total. The van der Waals surface area contributed by atoms with Gasteiger partial charge in [-0.25, -0.2) is 9.69 Å². The molecule has 0 saturated carbocycles. The molecule has 1 heterocycles. The van der Waals surface area contributed by atoms with Crippen molar-refractivity contribution in [1.82, 2.24) is 0 Å². The standard InChI is InChI=1S/C28H21NO5/c1-15(30)28-20-12-5-3-10-18(20)22(19-11-4-6-13-21(19)28)23-24(28)26(32)29(25(23)31)17-9-7-8-16(14-17)27(33)34-2/h3-14,22-24H,1-2H3/t22?,23-,24+,28?/m1/s1. The maximum Gasteiger partial charge on any atom is 0.337 e. The maximum absolute atomic E-state index is 14.1. The summed E-state index contributed by atoms with van der Waals surface area (Å²) in [5.41, 5.74) is 2.75. The lowest BCUT2D eigenvalue weighted by molar-refractivity contribution is -0.132. The highest BCUT2D eigenvalue weighted by atomic mass is 16.5. The van der Waals surface area contributed by atoms with E-state index < -0.39 is 29.1 Å². The third-order valence-electron chi connectivity index (χ3n) is 7.70. The van der Waals surface area contributed by atoms with Crippen molar-refractivity contribution in [1.29, 1.82) is 0 Å². The van der Waals surface area contributed by atoms with Crippen molar-refractivity contribution in [2.45, 2.75) is 18.3 Å². The molecule has 34 heavy (non-hydrogen) atoms. The minimum absolute atomic E-state index is 0.160. The van der Waals surface area contributed by atoms with Gasteiger partial charge in [-0.3, -0.25) is 14.4 Å². The molecule has 2 atom stereocenters. The molecule has 1 fully saturated rings. The van der Waals surface area contributed by atoms with Crippen molar-refractivity contribution >= 4 is 29.3 Å². The second kappa shape index (κ2) is 6.97. The van der Waals surface area contributed by atoms with Crippen molar-refractivity contribution < 1.29 is 23.9 Å². The van der Waals surface area contributed by atoms with E-state index >= 15 is 0 Å². The molecule has 7 rings (SSSR count). The Hall–Kier alpha value is -4.06. The van der Waals surface area contributed by atoms with E-state index in [-0.39, 0.29) is 23.2 Å². The Labute approximate surface area is 196 Å². The molecule has 6 nitrogen and oxygen atoms in total. The SMILES string of the molecule is COC(=O)c1cccc(N2C(=O)[C@@H]3C4c5ccccc5C(C(C)=O)(c5ccccc54)[C@@H]3C2=O)c1. The van der Waals surface area contributed by atoms with Crippen molar-refractivity contribution in [3.63, 3.8) is 0 Å². The summed E-state index contributed by atoms with van der Waals surface area (Å²) in [6.07, 6.45) is 0. The minimum Gasteiger partial charge on any atom is -0.465 e. The van der Waals surface area contributed by atoms with E-state index in [2.05, 4.69) is 0 Å². The van der Waals surface area contributed by atoms with Crippen LogP contribution in [-0.4, -0.2) is 30.7 Å². The number of benzene rings is 3. The van der Waals surface area contributed by atoms with Crippen LogP contribution >= 0.6 is 0 Å². The number of methoxy groups -OCH3 is 1. The number of ketones is 1. The predicted octanol–water partition coefficient (Wildman–Crippen LogP) is 3.61. The second-order valence-corrected chi connectivity index (χ2v) is 9.07. The molecular formula is C28H21NO5. The molecule has 1 saturated heterocycles. The minimum atomic E-state index is -1.24. The van der Waals surface area contributed by atoms with Gasteiger partial charge in [0.2, 0.25) is 11.8 Å². The number of ether oxygens (including phenoxy) is 1. The van der Waals surface area contributed by atoms with Crippen molar-refractivity contribution in [2.24, 2.45) is 11.8 Å². The van der Waals surface area contributed by atoms with Crippen LogP contribution in [0.2, 0.25) is 0 Å². The topological polar surface area (TPSA) is 80.8 Å². The van der Waals surface area contributed by atoms with Gasteiger partial charge in [0.1, 0.15) is 5.78 Å². The summed E-state index contributed by atoms with van der Waals surface area (Å²) in [4.78, 5) is 54.8. The van der Waals surface area contributed by atoms with Crippen LogP contribution in [0.4, 0.5) is 5.69 Å². The van der Waals surface area contributed by atoms with E-state index in [1.807, 2.05) is 48.5 Å². The largest absolute Gasteiger partial charge is 0.465 e. The maximum atomic E-state index is 14.1. The highest BCUT2D eigenvalue weighted by molar-refractivity contribution is 6.25. The molecular weight excluding hydrogens is 430 g/mol. The first-order valence-electron chi connectivity index (χ1n) is 11.2. The molecule has 3 aromatic carbocycles. The van der Waals surface area contributed by atoms with Crippen LogP contribution in [0, 0.1) is 11.8 Å². The zero-order valence-electron chi connectivity index (χ0n) is 18.6.